The van der Waals surface area contributed by atoms with Crippen LogP contribution in [0.15, 0.2) is 48.5 Å². The standard InChI is InChI=1S/C16H16N2O4/c19-13-7-3-1-5-11(13)15(21)17-9-10-18-16(22)12-6-2-4-8-14(12)20/h1-8,19-20H,9-10H2,(H,17,21)(H,18,22)/p-2. The third-order valence-electron chi connectivity index (χ3n) is 2.96. The van der Waals surface area contributed by atoms with Crippen molar-refractivity contribution in [1.82, 2.24) is 10.6 Å². The first-order valence-corrected chi connectivity index (χ1v) is 6.68. The molecule has 2 N–H and O–H groups in total. The maximum absolute atomic E-state index is 11.8. The van der Waals surface area contributed by atoms with Gasteiger partial charge in [0.1, 0.15) is 0 Å². The van der Waals surface area contributed by atoms with Crippen molar-refractivity contribution in [2.45, 2.75) is 0 Å². The van der Waals surface area contributed by atoms with Crippen molar-refractivity contribution in [3.63, 3.8) is 0 Å². The topological polar surface area (TPSA) is 104 Å². The zero-order valence-corrected chi connectivity index (χ0v) is 11.7. The summed E-state index contributed by atoms with van der Waals surface area (Å²) in [4.78, 5) is 23.5. The molecular formula is C16H14N2O4-2. The van der Waals surface area contributed by atoms with E-state index in [0.29, 0.717) is 0 Å². The highest BCUT2D eigenvalue weighted by Gasteiger charge is 2.07. The van der Waals surface area contributed by atoms with Crippen LogP contribution in [0.5, 0.6) is 11.5 Å². The SMILES string of the molecule is O=C(NCCNC(=O)c1ccccc1[O-])c1ccccc1[O-]. The molecule has 6 heteroatoms. The third kappa shape index (κ3) is 3.76. The van der Waals surface area contributed by atoms with Crippen LogP contribution >= 0.6 is 0 Å². The van der Waals surface area contributed by atoms with E-state index in [1.165, 1.54) is 24.3 Å². The Bertz CT molecular complexity index is 626. The normalized spacial score (nSPS) is 10.0. The lowest BCUT2D eigenvalue weighted by Crippen LogP contribution is -2.35. The Morgan fingerprint density at radius 2 is 1.09 bits per heavy atom. The molecule has 2 amide bonds. The molecule has 2 rings (SSSR count). The quantitative estimate of drug-likeness (QED) is 0.758. The van der Waals surface area contributed by atoms with Crippen LogP contribution in [-0.2, 0) is 0 Å². The van der Waals surface area contributed by atoms with E-state index in [4.69, 9.17) is 0 Å². The smallest absolute Gasteiger partial charge is 0.250 e. The summed E-state index contributed by atoms with van der Waals surface area (Å²) in [7, 11) is 0. The highest BCUT2D eigenvalue weighted by Crippen LogP contribution is 2.12. The molecule has 0 heterocycles. The highest BCUT2D eigenvalue weighted by atomic mass is 16.3. The summed E-state index contributed by atoms with van der Waals surface area (Å²) in [6.45, 7) is 0.305. The molecule has 2 aromatic rings. The van der Waals surface area contributed by atoms with Crippen LogP contribution in [0.4, 0.5) is 0 Å². The van der Waals surface area contributed by atoms with Gasteiger partial charge in [-0.2, -0.15) is 0 Å². The number of carbonyl (C=O) groups excluding carboxylic acids is 2. The van der Waals surface area contributed by atoms with E-state index in [-0.39, 0.29) is 35.7 Å². The van der Waals surface area contributed by atoms with E-state index >= 15 is 0 Å². The molecule has 0 saturated carbocycles. The van der Waals surface area contributed by atoms with Gasteiger partial charge in [0.05, 0.1) is 0 Å². The van der Waals surface area contributed by atoms with Gasteiger partial charge in [0.2, 0.25) is 0 Å². The van der Waals surface area contributed by atoms with Gasteiger partial charge in [-0.1, -0.05) is 60.0 Å². The third-order valence-corrected chi connectivity index (χ3v) is 2.96. The lowest BCUT2D eigenvalue weighted by molar-refractivity contribution is -0.269. The van der Waals surface area contributed by atoms with Gasteiger partial charge in [0, 0.05) is 24.2 Å². The average Bonchev–Trinajstić information content (AvgIpc) is 2.52. The first-order valence-electron chi connectivity index (χ1n) is 6.68. The van der Waals surface area contributed by atoms with Crippen LogP contribution in [0.1, 0.15) is 20.7 Å². The monoisotopic (exact) mass is 298 g/mol. The summed E-state index contributed by atoms with van der Waals surface area (Å²) < 4.78 is 0. The van der Waals surface area contributed by atoms with Crippen molar-refractivity contribution >= 4 is 11.8 Å². The van der Waals surface area contributed by atoms with Crippen molar-refractivity contribution in [3.05, 3.63) is 59.7 Å². The minimum atomic E-state index is -0.496. The summed E-state index contributed by atoms with van der Waals surface area (Å²) in [5.74, 6) is -1.71. The molecule has 0 fully saturated rings. The van der Waals surface area contributed by atoms with Gasteiger partial charge in [-0.05, 0) is 0 Å². The first kappa shape index (κ1) is 15.4. The van der Waals surface area contributed by atoms with Crippen molar-refractivity contribution in [2.75, 3.05) is 13.1 Å². The van der Waals surface area contributed by atoms with Crippen LogP contribution in [0, 0.1) is 0 Å². The van der Waals surface area contributed by atoms with Gasteiger partial charge >= 0.3 is 0 Å². The molecule has 22 heavy (non-hydrogen) atoms. The number of carbonyl (C=O) groups is 2. The largest absolute Gasteiger partial charge is 0.872 e. The maximum atomic E-state index is 11.8. The van der Waals surface area contributed by atoms with Crippen LogP contribution in [0.3, 0.4) is 0 Å². The predicted octanol–water partition coefficient (Wildman–Crippen LogP) is -0.00640. The van der Waals surface area contributed by atoms with Gasteiger partial charge in [-0.25, -0.2) is 0 Å². The number of rotatable bonds is 5. The Kier molecular flexibility index (Phi) is 4.98. The Morgan fingerprint density at radius 1 is 0.727 bits per heavy atom. The van der Waals surface area contributed by atoms with Crippen LogP contribution in [0.25, 0.3) is 0 Å². The average molecular weight is 298 g/mol. The van der Waals surface area contributed by atoms with Crippen molar-refractivity contribution in [2.24, 2.45) is 0 Å². The second kappa shape index (κ2) is 7.12. The summed E-state index contributed by atoms with van der Waals surface area (Å²) in [6.07, 6.45) is 0. The molecule has 0 aliphatic heterocycles. The Balaban J connectivity index is 1.80. The fourth-order valence-corrected chi connectivity index (χ4v) is 1.85. The second-order valence-electron chi connectivity index (χ2n) is 4.50. The van der Waals surface area contributed by atoms with Gasteiger partial charge < -0.3 is 20.8 Å². The molecule has 6 nitrogen and oxygen atoms in total. The molecule has 0 saturated heterocycles. The molecule has 0 aromatic heterocycles. The van der Waals surface area contributed by atoms with Gasteiger partial charge in [0.25, 0.3) is 11.8 Å². The fraction of sp³-hybridized carbons (Fsp3) is 0.125. The molecule has 0 unspecified atom stereocenters. The Hall–Kier alpha value is -3.02. The molecule has 0 atom stereocenters. The van der Waals surface area contributed by atoms with Crippen molar-refractivity contribution < 1.29 is 19.8 Å². The highest BCUT2D eigenvalue weighted by molar-refractivity contribution is 5.97. The minimum absolute atomic E-state index is 0.0544. The zero-order chi connectivity index (χ0) is 15.9. The lowest BCUT2D eigenvalue weighted by atomic mass is 10.2. The fourth-order valence-electron chi connectivity index (χ4n) is 1.85. The van der Waals surface area contributed by atoms with Crippen LogP contribution in [0.2, 0.25) is 0 Å². The summed E-state index contributed by atoms with van der Waals surface area (Å²) in [5, 5.41) is 28.0. The number of hydrogen-bond donors (Lipinski definition) is 2. The molecule has 2 aromatic carbocycles. The molecule has 0 aliphatic rings. The van der Waals surface area contributed by atoms with E-state index < -0.39 is 11.8 Å². The Labute approximate surface area is 127 Å². The zero-order valence-electron chi connectivity index (χ0n) is 11.7. The first-order chi connectivity index (χ1) is 10.6. The molecular weight excluding hydrogens is 284 g/mol. The maximum Gasteiger partial charge on any atom is 0.250 e. The molecule has 0 spiro atoms. The lowest BCUT2D eigenvalue weighted by Gasteiger charge is -2.14. The van der Waals surface area contributed by atoms with E-state index in [1.54, 1.807) is 24.3 Å². The van der Waals surface area contributed by atoms with Crippen molar-refractivity contribution in [1.29, 1.82) is 0 Å². The number of amides is 2. The van der Waals surface area contributed by atoms with Gasteiger partial charge in [-0.3, -0.25) is 9.59 Å². The molecule has 0 aliphatic carbocycles. The molecule has 114 valence electrons. The van der Waals surface area contributed by atoms with Crippen LogP contribution < -0.4 is 20.8 Å². The number of hydrogen-bond acceptors (Lipinski definition) is 4. The van der Waals surface area contributed by atoms with E-state index in [2.05, 4.69) is 10.6 Å². The summed E-state index contributed by atoms with van der Waals surface area (Å²) in [5.41, 5.74) is 0.109. The molecule has 0 bridgehead atoms. The minimum Gasteiger partial charge on any atom is -0.872 e. The van der Waals surface area contributed by atoms with Crippen molar-refractivity contribution in [3.8, 4) is 11.5 Å². The number of benzene rings is 2. The van der Waals surface area contributed by atoms with E-state index in [1.807, 2.05) is 0 Å². The predicted molar refractivity (Wildman–Crippen MR) is 76.4 cm³/mol. The molecule has 0 radical (unpaired) electrons. The van der Waals surface area contributed by atoms with E-state index in [9.17, 15) is 19.8 Å². The summed E-state index contributed by atoms with van der Waals surface area (Å²) >= 11 is 0. The number of para-hydroxylation sites is 2. The van der Waals surface area contributed by atoms with Gasteiger partial charge in [0.15, 0.2) is 0 Å². The second-order valence-corrected chi connectivity index (χ2v) is 4.50. The number of nitrogens with one attached hydrogen (secondary N) is 2. The van der Waals surface area contributed by atoms with E-state index in [0.717, 1.165) is 0 Å². The van der Waals surface area contributed by atoms with Gasteiger partial charge in [-0.15, -0.1) is 0 Å². The summed E-state index contributed by atoms with van der Waals surface area (Å²) in [6, 6.07) is 11.8. The Morgan fingerprint density at radius 3 is 1.45 bits per heavy atom. The van der Waals surface area contributed by atoms with Crippen LogP contribution in [-0.4, -0.2) is 24.9 Å².